The normalized spacial score (nSPS) is 20.5. The van der Waals surface area contributed by atoms with Crippen LogP contribution in [0.1, 0.15) is 30.5 Å². The number of hydrogen-bond acceptors (Lipinski definition) is 5. The zero-order valence-electron chi connectivity index (χ0n) is 13.9. The molecule has 0 aromatic carbocycles. The van der Waals surface area contributed by atoms with Crippen molar-refractivity contribution in [3.8, 4) is 0 Å². The molecule has 0 saturated heterocycles. The topological polar surface area (TPSA) is 108 Å². The Balaban J connectivity index is 1.56. The number of amides is 1. The highest BCUT2D eigenvalue weighted by Gasteiger charge is 2.34. The third kappa shape index (κ3) is 4.96. The molecule has 0 bridgehead atoms. The van der Waals surface area contributed by atoms with Crippen molar-refractivity contribution in [2.24, 2.45) is 5.92 Å². The van der Waals surface area contributed by atoms with Gasteiger partial charge in [-0.2, -0.15) is 5.10 Å². The van der Waals surface area contributed by atoms with Gasteiger partial charge in [-0.25, -0.2) is 5.10 Å². The molecule has 1 atom stereocenters. The zero-order valence-corrected chi connectivity index (χ0v) is 13.9. The van der Waals surface area contributed by atoms with E-state index in [1.54, 1.807) is 18.5 Å². The van der Waals surface area contributed by atoms with Crippen molar-refractivity contribution in [1.29, 1.82) is 0 Å². The van der Waals surface area contributed by atoms with Crippen molar-refractivity contribution < 1.29 is 9.90 Å². The van der Waals surface area contributed by atoms with Gasteiger partial charge in [0.05, 0.1) is 11.8 Å². The fourth-order valence-corrected chi connectivity index (χ4v) is 3.10. The van der Waals surface area contributed by atoms with E-state index >= 15 is 0 Å². The number of carbonyl (C=O) groups excluding carboxylic acids is 1. The van der Waals surface area contributed by atoms with Crippen molar-refractivity contribution >= 4 is 5.91 Å². The Kier molecular flexibility index (Phi) is 5.55. The van der Waals surface area contributed by atoms with Crippen molar-refractivity contribution in [1.82, 2.24) is 20.5 Å². The van der Waals surface area contributed by atoms with Crippen LogP contribution in [0.3, 0.4) is 0 Å². The van der Waals surface area contributed by atoms with E-state index in [2.05, 4.69) is 20.5 Å². The maximum Gasteiger partial charge on any atom is 0.264 e. The van der Waals surface area contributed by atoms with Crippen LogP contribution in [0, 0.1) is 5.92 Å². The Bertz CT molecular complexity index is 736. The predicted octanol–water partition coefficient (Wildman–Crippen LogP) is 0.596. The van der Waals surface area contributed by atoms with Gasteiger partial charge in [0, 0.05) is 37.3 Å². The second kappa shape index (κ2) is 8.02. The van der Waals surface area contributed by atoms with Crippen LogP contribution in [0.4, 0.5) is 0 Å². The Labute approximate surface area is 145 Å². The molecule has 3 rings (SSSR count). The molecule has 2 heterocycles. The first-order valence-corrected chi connectivity index (χ1v) is 8.51. The van der Waals surface area contributed by atoms with Gasteiger partial charge in [0.15, 0.2) is 0 Å². The minimum atomic E-state index is -0.257. The second-order valence-electron chi connectivity index (χ2n) is 6.53. The number of H-pyrrole nitrogens is 1. The lowest BCUT2D eigenvalue weighted by atomic mass is 9.75. The van der Waals surface area contributed by atoms with Gasteiger partial charge in [0.25, 0.3) is 5.56 Å². The first-order valence-electron chi connectivity index (χ1n) is 8.51. The van der Waals surface area contributed by atoms with Crippen LogP contribution in [0.15, 0.2) is 41.5 Å². The Morgan fingerprint density at radius 1 is 1.28 bits per heavy atom. The molecule has 3 N–H and O–H groups in total. The summed E-state index contributed by atoms with van der Waals surface area (Å²) in [7, 11) is 0. The Morgan fingerprint density at radius 2 is 2.04 bits per heavy atom. The van der Waals surface area contributed by atoms with E-state index in [1.165, 1.54) is 6.07 Å². The molecule has 0 radical (unpaired) electrons. The molecule has 2 aromatic heterocycles. The van der Waals surface area contributed by atoms with E-state index < -0.39 is 0 Å². The Morgan fingerprint density at radius 3 is 2.68 bits per heavy atom. The smallest absolute Gasteiger partial charge is 0.264 e. The first-order chi connectivity index (χ1) is 12.1. The van der Waals surface area contributed by atoms with Gasteiger partial charge in [-0.1, -0.05) is 0 Å². The van der Waals surface area contributed by atoms with Crippen LogP contribution >= 0.6 is 0 Å². The van der Waals surface area contributed by atoms with Gasteiger partial charge in [0.2, 0.25) is 5.91 Å². The maximum atomic E-state index is 12.3. The summed E-state index contributed by atoms with van der Waals surface area (Å²) in [5, 5.41) is 19.0. The van der Waals surface area contributed by atoms with E-state index in [1.807, 2.05) is 12.1 Å². The number of aliphatic hydroxyl groups excluding tert-OH is 1. The molecule has 0 unspecified atom stereocenters. The third-order valence-corrected chi connectivity index (χ3v) is 4.62. The van der Waals surface area contributed by atoms with E-state index in [9.17, 15) is 14.7 Å². The summed E-state index contributed by atoms with van der Waals surface area (Å²) in [5.74, 6) is 0.242. The number of aromatic nitrogens is 3. The van der Waals surface area contributed by atoms with Crippen LogP contribution < -0.4 is 10.9 Å². The fraction of sp³-hybridized carbons (Fsp3) is 0.444. The van der Waals surface area contributed by atoms with Gasteiger partial charge in [-0.15, -0.1) is 0 Å². The van der Waals surface area contributed by atoms with E-state index in [0.29, 0.717) is 24.5 Å². The third-order valence-electron chi connectivity index (χ3n) is 4.62. The molecule has 1 saturated carbocycles. The van der Waals surface area contributed by atoms with Crippen LogP contribution in [-0.2, 0) is 17.6 Å². The molecule has 0 spiro atoms. The molecule has 1 amide bonds. The molecule has 0 aliphatic heterocycles. The molecule has 132 valence electrons. The van der Waals surface area contributed by atoms with Crippen LogP contribution in [-0.4, -0.2) is 38.3 Å². The maximum absolute atomic E-state index is 12.3. The van der Waals surface area contributed by atoms with Gasteiger partial charge in [0.1, 0.15) is 0 Å². The standard InChI is InChI=1S/C18H22N4O3/c23-15-10-13(11-15)16(9-12-5-7-19-8-6-12)20-17(24)3-1-14-2-4-18(25)22-21-14/h2,4-8,13,15-16,23H,1,3,9-11H2,(H,20,24)(H,22,25)/t13?,15?,16-/m0/s1. The number of nitrogens with one attached hydrogen (secondary N) is 2. The summed E-state index contributed by atoms with van der Waals surface area (Å²) >= 11 is 0. The van der Waals surface area contributed by atoms with Gasteiger partial charge >= 0.3 is 0 Å². The largest absolute Gasteiger partial charge is 0.393 e. The zero-order chi connectivity index (χ0) is 17.6. The minimum Gasteiger partial charge on any atom is -0.393 e. The number of aromatic amines is 1. The molecular formula is C18H22N4O3. The number of nitrogens with zero attached hydrogens (tertiary/aromatic N) is 2. The van der Waals surface area contributed by atoms with E-state index in [-0.39, 0.29) is 23.6 Å². The van der Waals surface area contributed by atoms with E-state index in [0.717, 1.165) is 24.8 Å². The highest BCUT2D eigenvalue weighted by atomic mass is 16.3. The van der Waals surface area contributed by atoms with Gasteiger partial charge < -0.3 is 10.4 Å². The quantitative estimate of drug-likeness (QED) is 0.683. The molecule has 1 aliphatic carbocycles. The SMILES string of the molecule is O=C(CCc1ccc(=O)[nH]n1)N[C@@H](Cc1ccncc1)C1CC(O)C1. The molecule has 7 heteroatoms. The molecular weight excluding hydrogens is 320 g/mol. The predicted molar refractivity (Wildman–Crippen MR) is 91.8 cm³/mol. The summed E-state index contributed by atoms with van der Waals surface area (Å²) in [4.78, 5) is 27.3. The van der Waals surface area contributed by atoms with Gasteiger partial charge in [-0.05, 0) is 48.9 Å². The Hall–Kier alpha value is -2.54. The summed E-state index contributed by atoms with van der Waals surface area (Å²) in [5.41, 5.74) is 1.54. The van der Waals surface area contributed by atoms with Crippen LogP contribution in [0.2, 0.25) is 0 Å². The molecule has 2 aromatic rings. The lowest BCUT2D eigenvalue weighted by Gasteiger charge is -2.38. The monoisotopic (exact) mass is 342 g/mol. The van der Waals surface area contributed by atoms with Crippen molar-refractivity contribution in [3.05, 3.63) is 58.3 Å². The first kappa shape index (κ1) is 17.3. The van der Waals surface area contributed by atoms with Crippen molar-refractivity contribution in [3.63, 3.8) is 0 Å². The van der Waals surface area contributed by atoms with Gasteiger partial charge in [-0.3, -0.25) is 14.6 Å². The average molecular weight is 342 g/mol. The fourth-order valence-electron chi connectivity index (χ4n) is 3.10. The van der Waals surface area contributed by atoms with Crippen molar-refractivity contribution in [2.75, 3.05) is 0 Å². The lowest BCUT2D eigenvalue weighted by molar-refractivity contribution is -0.122. The highest BCUT2D eigenvalue weighted by molar-refractivity contribution is 5.76. The second-order valence-corrected chi connectivity index (χ2v) is 6.53. The van der Waals surface area contributed by atoms with Crippen LogP contribution in [0.5, 0.6) is 0 Å². The molecule has 1 aliphatic rings. The number of hydrogen-bond donors (Lipinski definition) is 3. The van der Waals surface area contributed by atoms with Crippen molar-refractivity contribution in [2.45, 2.75) is 44.2 Å². The molecule has 1 fully saturated rings. The summed E-state index contributed by atoms with van der Waals surface area (Å²) < 4.78 is 0. The van der Waals surface area contributed by atoms with E-state index in [4.69, 9.17) is 0 Å². The number of pyridine rings is 1. The summed E-state index contributed by atoms with van der Waals surface area (Å²) in [6.07, 6.45) is 6.17. The molecule has 25 heavy (non-hydrogen) atoms. The van der Waals surface area contributed by atoms with Crippen LogP contribution in [0.25, 0.3) is 0 Å². The lowest BCUT2D eigenvalue weighted by Crippen LogP contribution is -2.48. The number of carbonyl (C=O) groups is 1. The molecule has 7 nitrogen and oxygen atoms in total. The minimum absolute atomic E-state index is 0.00170. The summed E-state index contributed by atoms with van der Waals surface area (Å²) in [6, 6.07) is 6.92. The number of aliphatic hydroxyl groups is 1. The number of rotatable bonds is 7. The number of aryl methyl sites for hydroxylation is 1. The average Bonchev–Trinajstić information content (AvgIpc) is 2.59. The summed E-state index contributed by atoms with van der Waals surface area (Å²) in [6.45, 7) is 0. The highest BCUT2D eigenvalue weighted by Crippen LogP contribution is 2.31.